The molecule has 0 heterocycles. The number of carbonyl (C=O) groups is 2. The van der Waals surface area contributed by atoms with E-state index in [1.54, 1.807) is 36.4 Å². The highest BCUT2D eigenvalue weighted by Gasteiger charge is 2.31. The molecule has 1 N–H and O–H groups in total. The van der Waals surface area contributed by atoms with E-state index in [1.807, 2.05) is 44.2 Å². The van der Waals surface area contributed by atoms with Crippen LogP contribution in [-0.4, -0.2) is 50.0 Å². The van der Waals surface area contributed by atoms with Crippen molar-refractivity contribution in [2.75, 3.05) is 17.1 Å². The minimum absolute atomic E-state index is 0.00104. The zero-order chi connectivity index (χ0) is 29.3. The van der Waals surface area contributed by atoms with Gasteiger partial charge in [0.2, 0.25) is 21.8 Å². The molecule has 0 aromatic heterocycles. The molecule has 0 radical (unpaired) electrons. The maximum Gasteiger partial charge on any atom is 0.243 e. The Labute approximate surface area is 241 Å². The number of benzene rings is 3. The summed E-state index contributed by atoms with van der Waals surface area (Å²) in [5, 5.41) is 3.40. The van der Waals surface area contributed by atoms with E-state index in [2.05, 4.69) is 5.32 Å². The molecule has 1 unspecified atom stereocenters. The van der Waals surface area contributed by atoms with Gasteiger partial charge in [0.25, 0.3) is 0 Å². The molecule has 40 heavy (non-hydrogen) atoms. The van der Waals surface area contributed by atoms with Crippen molar-refractivity contribution >= 4 is 39.1 Å². The molecule has 0 saturated carbocycles. The number of rotatable bonds is 13. The fourth-order valence-electron chi connectivity index (χ4n) is 4.33. The van der Waals surface area contributed by atoms with Crippen LogP contribution >= 0.6 is 11.6 Å². The Hall–Kier alpha value is -3.43. The van der Waals surface area contributed by atoms with Crippen LogP contribution in [0.15, 0.2) is 78.9 Å². The topological polar surface area (TPSA) is 86.8 Å². The van der Waals surface area contributed by atoms with Crippen LogP contribution in [0.25, 0.3) is 0 Å². The predicted molar refractivity (Wildman–Crippen MR) is 157 cm³/mol. The van der Waals surface area contributed by atoms with Crippen molar-refractivity contribution in [3.63, 3.8) is 0 Å². The lowest BCUT2D eigenvalue weighted by Crippen LogP contribution is -2.51. The third-order valence-electron chi connectivity index (χ3n) is 6.23. The molecule has 3 aromatic rings. The summed E-state index contributed by atoms with van der Waals surface area (Å²) in [5.74, 6) is -1.01. The van der Waals surface area contributed by atoms with Crippen LogP contribution in [0, 0.1) is 5.82 Å². The van der Waals surface area contributed by atoms with Crippen molar-refractivity contribution in [3.8, 4) is 0 Å². The maximum absolute atomic E-state index is 13.7. The highest BCUT2D eigenvalue weighted by Crippen LogP contribution is 2.22. The number of nitrogens with zero attached hydrogens (tertiary/aromatic N) is 2. The molecular weight excluding hydrogens is 553 g/mol. The molecule has 0 fully saturated rings. The first kappa shape index (κ1) is 31.1. The van der Waals surface area contributed by atoms with Crippen molar-refractivity contribution in [1.29, 1.82) is 0 Å². The van der Waals surface area contributed by atoms with Crippen LogP contribution in [0.4, 0.5) is 10.1 Å². The Kier molecular flexibility index (Phi) is 11.1. The first-order valence-corrected chi connectivity index (χ1v) is 15.3. The first-order valence-electron chi connectivity index (χ1n) is 13.1. The first-order chi connectivity index (χ1) is 18.9. The number of carbonyl (C=O) groups excluding carboxylic acids is 2. The Morgan fingerprint density at radius 1 is 0.925 bits per heavy atom. The molecular formula is C30H35ClFN3O4S. The molecule has 3 rings (SSSR count). The van der Waals surface area contributed by atoms with E-state index >= 15 is 0 Å². The quantitative estimate of drug-likeness (QED) is 0.298. The summed E-state index contributed by atoms with van der Waals surface area (Å²) in [5.41, 5.74) is 2.00. The lowest BCUT2D eigenvalue weighted by Gasteiger charge is -2.32. The average Bonchev–Trinajstić information content (AvgIpc) is 2.90. The second-order valence-corrected chi connectivity index (χ2v) is 12.3. The van der Waals surface area contributed by atoms with Gasteiger partial charge in [-0.25, -0.2) is 12.8 Å². The zero-order valence-electron chi connectivity index (χ0n) is 22.9. The molecule has 0 bridgehead atoms. The van der Waals surface area contributed by atoms with E-state index in [0.717, 1.165) is 11.8 Å². The highest BCUT2D eigenvalue weighted by molar-refractivity contribution is 7.92. The van der Waals surface area contributed by atoms with E-state index in [9.17, 15) is 22.4 Å². The van der Waals surface area contributed by atoms with Gasteiger partial charge in [0.15, 0.2) is 0 Å². The Morgan fingerprint density at radius 3 is 2.12 bits per heavy atom. The summed E-state index contributed by atoms with van der Waals surface area (Å²) >= 11 is 5.96. The molecule has 0 spiro atoms. The van der Waals surface area contributed by atoms with Gasteiger partial charge in [-0.2, -0.15) is 0 Å². The molecule has 0 saturated heterocycles. The van der Waals surface area contributed by atoms with E-state index in [-0.39, 0.29) is 50.2 Å². The average molecular weight is 588 g/mol. The molecule has 214 valence electrons. The lowest BCUT2D eigenvalue weighted by molar-refractivity contribution is -0.141. The number of sulfonamides is 1. The van der Waals surface area contributed by atoms with Gasteiger partial charge < -0.3 is 10.2 Å². The summed E-state index contributed by atoms with van der Waals surface area (Å²) in [6.45, 7) is 3.85. The van der Waals surface area contributed by atoms with Crippen LogP contribution < -0.4 is 9.62 Å². The third-order valence-corrected chi connectivity index (χ3v) is 7.68. The number of hydrogen-bond donors (Lipinski definition) is 1. The smallest absolute Gasteiger partial charge is 0.243 e. The number of amides is 2. The number of halogens is 2. The molecule has 2 amide bonds. The summed E-state index contributed by atoms with van der Waals surface area (Å²) in [7, 11) is -3.62. The maximum atomic E-state index is 13.7. The number of hydrogen-bond acceptors (Lipinski definition) is 4. The van der Waals surface area contributed by atoms with Crippen LogP contribution in [0.3, 0.4) is 0 Å². The normalized spacial score (nSPS) is 12.2. The van der Waals surface area contributed by atoms with Crippen molar-refractivity contribution in [2.24, 2.45) is 0 Å². The largest absolute Gasteiger partial charge is 0.352 e. The molecule has 7 nitrogen and oxygen atoms in total. The van der Waals surface area contributed by atoms with Gasteiger partial charge in [-0.15, -0.1) is 0 Å². The van der Waals surface area contributed by atoms with Gasteiger partial charge in [0, 0.05) is 37.0 Å². The standard InChI is InChI=1S/C30H35ClFN3O4S/c1-22(2)33-30(37)28(20-23-8-5-4-6-9-23)34(21-24-11-15-26(32)16-12-24)29(36)10-7-19-35(40(3,38)39)27-17-13-25(31)14-18-27/h4-6,8-9,11-18,22,28H,7,10,19-21H2,1-3H3,(H,33,37). The second-order valence-electron chi connectivity index (χ2n) is 9.93. The van der Waals surface area contributed by atoms with Crippen LogP contribution in [0.1, 0.15) is 37.8 Å². The fraction of sp³-hybridized carbons (Fsp3) is 0.333. The SMILES string of the molecule is CC(C)NC(=O)C(Cc1ccccc1)N(Cc1ccc(F)cc1)C(=O)CCCN(c1ccc(Cl)cc1)S(C)(=O)=O. The molecule has 0 aliphatic carbocycles. The minimum atomic E-state index is -3.62. The van der Waals surface area contributed by atoms with E-state index < -0.39 is 21.9 Å². The Balaban J connectivity index is 1.87. The van der Waals surface area contributed by atoms with Crippen molar-refractivity contribution in [1.82, 2.24) is 10.2 Å². The molecule has 10 heteroatoms. The van der Waals surface area contributed by atoms with Crippen molar-refractivity contribution in [3.05, 3.63) is 101 Å². The molecule has 3 aromatic carbocycles. The van der Waals surface area contributed by atoms with Crippen LogP contribution in [0.5, 0.6) is 0 Å². The molecule has 0 aliphatic rings. The number of anilines is 1. The van der Waals surface area contributed by atoms with Gasteiger partial charge in [-0.3, -0.25) is 13.9 Å². The van der Waals surface area contributed by atoms with Crippen molar-refractivity contribution < 1.29 is 22.4 Å². The molecule has 1 atom stereocenters. The minimum Gasteiger partial charge on any atom is -0.352 e. The summed E-state index contributed by atoms with van der Waals surface area (Å²) in [6, 6.07) is 20.7. The van der Waals surface area contributed by atoms with Crippen LogP contribution in [0.2, 0.25) is 5.02 Å². The third kappa shape index (κ3) is 9.34. The van der Waals surface area contributed by atoms with E-state index in [0.29, 0.717) is 16.3 Å². The van der Waals surface area contributed by atoms with Gasteiger partial charge in [-0.05, 0) is 67.8 Å². The zero-order valence-corrected chi connectivity index (χ0v) is 24.5. The van der Waals surface area contributed by atoms with Gasteiger partial charge in [0.1, 0.15) is 11.9 Å². The van der Waals surface area contributed by atoms with Gasteiger partial charge in [0.05, 0.1) is 11.9 Å². The fourth-order valence-corrected chi connectivity index (χ4v) is 5.42. The summed E-state index contributed by atoms with van der Waals surface area (Å²) in [4.78, 5) is 28.7. The Morgan fingerprint density at radius 2 is 1.55 bits per heavy atom. The summed E-state index contributed by atoms with van der Waals surface area (Å²) < 4.78 is 39.9. The van der Waals surface area contributed by atoms with Crippen molar-refractivity contribution in [2.45, 2.75) is 51.7 Å². The van der Waals surface area contributed by atoms with E-state index in [4.69, 9.17) is 11.6 Å². The van der Waals surface area contributed by atoms with Gasteiger partial charge in [-0.1, -0.05) is 54.1 Å². The second kappa shape index (κ2) is 14.3. The molecule has 0 aliphatic heterocycles. The predicted octanol–water partition coefficient (Wildman–Crippen LogP) is 5.19. The Bertz CT molecular complexity index is 1370. The van der Waals surface area contributed by atoms with Crippen LogP contribution in [-0.2, 0) is 32.6 Å². The lowest BCUT2D eigenvalue weighted by atomic mass is 10.0. The highest BCUT2D eigenvalue weighted by atomic mass is 35.5. The summed E-state index contributed by atoms with van der Waals surface area (Å²) in [6.07, 6.45) is 1.61. The van der Waals surface area contributed by atoms with E-state index in [1.165, 1.54) is 21.3 Å². The monoisotopic (exact) mass is 587 g/mol. The van der Waals surface area contributed by atoms with Gasteiger partial charge >= 0.3 is 0 Å². The number of nitrogens with one attached hydrogen (secondary N) is 1.